The molecule has 0 spiro atoms. The fourth-order valence-electron chi connectivity index (χ4n) is 3.39. The van der Waals surface area contributed by atoms with E-state index in [4.69, 9.17) is 8.83 Å². The number of carboxylic acids is 2. The van der Waals surface area contributed by atoms with Crippen LogP contribution in [0, 0.1) is 0 Å². The number of carbonyl (C=O) groups excluding carboxylic acids is 2. The lowest BCUT2D eigenvalue weighted by atomic mass is 9.99. The second-order valence-electron chi connectivity index (χ2n) is 7.41. The number of hydrogen-bond acceptors (Lipinski definition) is 6. The molecule has 0 aliphatic rings. The molecule has 35 heavy (non-hydrogen) atoms. The SMILES string of the molecule is O=C(Nc1ccc(Cc2ccc(NC(=O)c3ccco3)c(C(=O)O)c2)cc1C(=O)O)c1ccco1. The molecule has 0 atom stereocenters. The van der Waals surface area contributed by atoms with Crippen LogP contribution in [0.1, 0.15) is 53.0 Å². The Labute approximate surface area is 197 Å². The number of furan rings is 2. The maximum atomic E-state index is 12.2. The molecule has 0 radical (unpaired) electrons. The summed E-state index contributed by atoms with van der Waals surface area (Å²) in [5, 5.41) is 24.2. The molecular formula is C25H18N2O8. The van der Waals surface area contributed by atoms with E-state index in [-0.39, 0.29) is 40.4 Å². The van der Waals surface area contributed by atoms with Gasteiger partial charge in [0.05, 0.1) is 35.0 Å². The number of hydrogen-bond donors (Lipinski definition) is 4. The van der Waals surface area contributed by atoms with Gasteiger partial charge < -0.3 is 29.7 Å². The van der Waals surface area contributed by atoms with Gasteiger partial charge in [-0.1, -0.05) is 12.1 Å². The Bertz CT molecular complexity index is 1300. The van der Waals surface area contributed by atoms with Crippen LogP contribution < -0.4 is 10.6 Å². The van der Waals surface area contributed by atoms with Crippen molar-refractivity contribution in [2.24, 2.45) is 0 Å². The van der Waals surface area contributed by atoms with Gasteiger partial charge in [-0.3, -0.25) is 9.59 Å². The Balaban J connectivity index is 1.56. The molecule has 2 aromatic heterocycles. The lowest BCUT2D eigenvalue weighted by Crippen LogP contribution is -2.15. The minimum absolute atomic E-state index is 0.0332. The molecule has 10 nitrogen and oxygen atoms in total. The van der Waals surface area contributed by atoms with Crippen molar-refractivity contribution in [3.05, 3.63) is 107 Å². The zero-order valence-electron chi connectivity index (χ0n) is 18.0. The predicted molar refractivity (Wildman–Crippen MR) is 123 cm³/mol. The highest BCUT2D eigenvalue weighted by Crippen LogP contribution is 2.24. The molecule has 2 heterocycles. The Morgan fingerprint density at radius 3 is 1.43 bits per heavy atom. The Morgan fingerprint density at radius 1 is 0.657 bits per heavy atom. The highest BCUT2D eigenvalue weighted by atomic mass is 16.4. The highest BCUT2D eigenvalue weighted by Gasteiger charge is 2.18. The Morgan fingerprint density at radius 2 is 1.09 bits per heavy atom. The molecular weight excluding hydrogens is 456 g/mol. The van der Waals surface area contributed by atoms with Gasteiger partial charge in [0.15, 0.2) is 11.5 Å². The number of carbonyl (C=O) groups is 4. The number of aromatic carboxylic acids is 2. The van der Waals surface area contributed by atoms with Crippen molar-refractivity contribution < 1.29 is 38.2 Å². The van der Waals surface area contributed by atoms with E-state index in [9.17, 15) is 29.4 Å². The van der Waals surface area contributed by atoms with Crippen molar-refractivity contribution >= 4 is 35.1 Å². The lowest BCUT2D eigenvalue weighted by Gasteiger charge is -2.12. The first-order chi connectivity index (χ1) is 16.8. The first-order valence-electron chi connectivity index (χ1n) is 10.2. The number of anilines is 2. The second-order valence-corrected chi connectivity index (χ2v) is 7.41. The minimum atomic E-state index is -1.25. The summed E-state index contributed by atoms with van der Waals surface area (Å²) in [6.45, 7) is 0. The van der Waals surface area contributed by atoms with Crippen LogP contribution in [0.5, 0.6) is 0 Å². The van der Waals surface area contributed by atoms with Gasteiger partial charge in [-0.15, -0.1) is 0 Å². The van der Waals surface area contributed by atoms with Gasteiger partial charge >= 0.3 is 11.9 Å². The molecule has 4 aromatic rings. The third kappa shape index (κ3) is 5.28. The molecule has 2 aromatic carbocycles. The van der Waals surface area contributed by atoms with E-state index in [1.54, 1.807) is 12.1 Å². The third-order valence-electron chi connectivity index (χ3n) is 5.02. The summed E-state index contributed by atoms with van der Waals surface area (Å²) < 4.78 is 10.0. The predicted octanol–water partition coefficient (Wildman–Crippen LogP) is 4.36. The van der Waals surface area contributed by atoms with E-state index >= 15 is 0 Å². The summed E-state index contributed by atoms with van der Waals surface area (Å²) in [6, 6.07) is 14.9. The maximum Gasteiger partial charge on any atom is 0.337 e. The van der Waals surface area contributed by atoms with E-state index < -0.39 is 23.8 Å². The van der Waals surface area contributed by atoms with Crippen molar-refractivity contribution in [1.29, 1.82) is 0 Å². The van der Waals surface area contributed by atoms with Crippen LogP contribution in [0.4, 0.5) is 11.4 Å². The van der Waals surface area contributed by atoms with Crippen molar-refractivity contribution in [3.63, 3.8) is 0 Å². The van der Waals surface area contributed by atoms with Crippen LogP contribution in [-0.2, 0) is 6.42 Å². The van der Waals surface area contributed by atoms with Gasteiger partial charge in [-0.05, 0) is 66.1 Å². The van der Waals surface area contributed by atoms with E-state index in [0.717, 1.165) is 0 Å². The van der Waals surface area contributed by atoms with Crippen LogP contribution in [0.15, 0.2) is 82.0 Å². The van der Waals surface area contributed by atoms with Gasteiger partial charge in [-0.25, -0.2) is 9.59 Å². The van der Waals surface area contributed by atoms with Crippen LogP contribution in [0.25, 0.3) is 0 Å². The van der Waals surface area contributed by atoms with Crippen LogP contribution in [0.3, 0.4) is 0 Å². The number of rotatable bonds is 8. The maximum absolute atomic E-state index is 12.2. The van der Waals surface area contributed by atoms with Gasteiger partial charge in [0.1, 0.15) is 0 Å². The second kappa shape index (κ2) is 9.79. The van der Waals surface area contributed by atoms with Gasteiger partial charge in [-0.2, -0.15) is 0 Å². The minimum Gasteiger partial charge on any atom is -0.478 e. The van der Waals surface area contributed by atoms with Crippen molar-refractivity contribution in [2.45, 2.75) is 6.42 Å². The average molecular weight is 474 g/mol. The summed E-state index contributed by atoms with van der Waals surface area (Å²) in [4.78, 5) is 48.0. The summed E-state index contributed by atoms with van der Waals surface area (Å²) in [6.07, 6.45) is 2.86. The Kier molecular flexibility index (Phi) is 6.45. The number of carboxylic acid groups (broad SMARTS) is 2. The average Bonchev–Trinajstić information content (AvgIpc) is 3.55. The molecule has 0 unspecified atom stereocenters. The van der Waals surface area contributed by atoms with E-state index in [0.29, 0.717) is 11.1 Å². The fourth-order valence-corrected chi connectivity index (χ4v) is 3.39. The quantitative estimate of drug-likeness (QED) is 0.293. The molecule has 0 saturated heterocycles. The highest BCUT2D eigenvalue weighted by molar-refractivity contribution is 6.07. The van der Waals surface area contributed by atoms with Crippen molar-refractivity contribution in [1.82, 2.24) is 0 Å². The van der Waals surface area contributed by atoms with Gasteiger partial charge in [0.25, 0.3) is 11.8 Å². The van der Waals surface area contributed by atoms with Crippen LogP contribution >= 0.6 is 0 Å². The van der Waals surface area contributed by atoms with Crippen molar-refractivity contribution in [2.75, 3.05) is 10.6 Å². The summed E-state index contributed by atoms with van der Waals surface area (Å²) in [5.74, 6) is -3.61. The standard InChI is InChI=1S/C25H18N2O8/c28-22(20-3-1-9-34-20)26-18-7-5-14(12-16(18)24(30)31)11-15-6-8-19(17(13-15)25(32)33)27-23(29)21-4-2-10-35-21/h1-10,12-13H,11H2,(H,26,28)(H,27,29)(H,30,31)(H,32,33). The number of nitrogens with one attached hydrogen (secondary N) is 2. The zero-order valence-corrected chi connectivity index (χ0v) is 18.0. The molecule has 10 heteroatoms. The monoisotopic (exact) mass is 474 g/mol. The molecule has 0 aliphatic carbocycles. The fraction of sp³-hybridized carbons (Fsp3) is 0.0400. The zero-order chi connectivity index (χ0) is 24.9. The first kappa shape index (κ1) is 23.1. The van der Waals surface area contributed by atoms with E-state index in [2.05, 4.69) is 10.6 Å². The largest absolute Gasteiger partial charge is 0.478 e. The van der Waals surface area contributed by atoms with Crippen LogP contribution in [0.2, 0.25) is 0 Å². The molecule has 2 amide bonds. The Hall–Kier alpha value is -5.12. The lowest BCUT2D eigenvalue weighted by molar-refractivity contribution is 0.0687. The van der Waals surface area contributed by atoms with E-state index in [1.165, 1.54) is 61.1 Å². The van der Waals surface area contributed by atoms with Crippen molar-refractivity contribution in [3.8, 4) is 0 Å². The van der Waals surface area contributed by atoms with Gasteiger partial charge in [0, 0.05) is 0 Å². The molecule has 0 fully saturated rings. The molecule has 0 saturated carbocycles. The van der Waals surface area contributed by atoms with E-state index in [1.807, 2.05) is 0 Å². The molecule has 0 aliphatic heterocycles. The molecule has 4 rings (SSSR count). The number of amides is 2. The molecule has 0 bridgehead atoms. The summed E-state index contributed by atoms with van der Waals surface area (Å²) in [5.41, 5.74) is 1.05. The molecule has 4 N–H and O–H groups in total. The normalized spacial score (nSPS) is 10.5. The van der Waals surface area contributed by atoms with Gasteiger partial charge in [0.2, 0.25) is 0 Å². The number of benzene rings is 2. The third-order valence-corrected chi connectivity index (χ3v) is 5.02. The smallest absolute Gasteiger partial charge is 0.337 e. The first-order valence-corrected chi connectivity index (χ1v) is 10.2. The molecule has 176 valence electrons. The summed E-state index contributed by atoms with van der Waals surface area (Å²) >= 11 is 0. The summed E-state index contributed by atoms with van der Waals surface area (Å²) in [7, 11) is 0. The van der Waals surface area contributed by atoms with Crippen LogP contribution in [-0.4, -0.2) is 34.0 Å². The topological polar surface area (TPSA) is 159 Å².